The lowest BCUT2D eigenvalue weighted by molar-refractivity contribution is -0.376. The molecule has 0 amide bonds. The number of benzene rings is 1. The van der Waals surface area contributed by atoms with Gasteiger partial charge in [-0.2, -0.15) is 26.3 Å². The van der Waals surface area contributed by atoms with Crippen molar-refractivity contribution < 1.29 is 45.4 Å². The van der Waals surface area contributed by atoms with E-state index in [9.17, 15) is 35.5 Å². The molecule has 124 valence electrons. The van der Waals surface area contributed by atoms with E-state index in [1.165, 1.54) is 6.92 Å². The predicted molar refractivity (Wildman–Crippen MR) is 58.4 cm³/mol. The lowest BCUT2D eigenvalue weighted by Gasteiger charge is -2.32. The van der Waals surface area contributed by atoms with Gasteiger partial charge in [0, 0.05) is 5.56 Å². The SMILES string of the molecule is CCOC(=O)c1cc(C(O)(C(F)(F)F)C(F)(F)F)ccc1F. The Morgan fingerprint density at radius 1 is 1.14 bits per heavy atom. The minimum absolute atomic E-state index is 0.0334. The van der Waals surface area contributed by atoms with E-state index in [0.29, 0.717) is 0 Å². The van der Waals surface area contributed by atoms with Gasteiger partial charge in [-0.15, -0.1) is 0 Å². The van der Waals surface area contributed by atoms with Crippen LogP contribution in [0.2, 0.25) is 0 Å². The van der Waals surface area contributed by atoms with Crippen molar-refractivity contribution in [1.82, 2.24) is 0 Å². The molecule has 1 aromatic rings. The van der Waals surface area contributed by atoms with E-state index in [0.717, 1.165) is 0 Å². The van der Waals surface area contributed by atoms with Crippen LogP contribution in [0, 0.1) is 5.82 Å². The summed E-state index contributed by atoms with van der Waals surface area (Å²) in [6.07, 6.45) is -12.3. The lowest BCUT2D eigenvalue weighted by Crippen LogP contribution is -2.54. The van der Waals surface area contributed by atoms with E-state index in [-0.39, 0.29) is 24.8 Å². The van der Waals surface area contributed by atoms with Crippen LogP contribution in [0.1, 0.15) is 22.8 Å². The van der Waals surface area contributed by atoms with Gasteiger partial charge in [-0.3, -0.25) is 0 Å². The highest BCUT2D eigenvalue weighted by Crippen LogP contribution is 2.50. The fourth-order valence-electron chi connectivity index (χ4n) is 1.60. The quantitative estimate of drug-likeness (QED) is 0.681. The highest BCUT2D eigenvalue weighted by molar-refractivity contribution is 5.90. The monoisotopic (exact) mass is 334 g/mol. The summed E-state index contributed by atoms with van der Waals surface area (Å²) >= 11 is 0. The van der Waals surface area contributed by atoms with E-state index in [1.54, 1.807) is 0 Å². The van der Waals surface area contributed by atoms with Crippen molar-refractivity contribution in [2.45, 2.75) is 24.9 Å². The molecule has 1 rings (SSSR count). The standard InChI is InChI=1S/C12H9F7O3/c1-2-22-9(20)7-5-6(3-4-8(7)13)10(21,11(14,15)16)12(17,18)19/h3-5,21H,2H2,1H3. The molecule has 0 unspecified atom stereocenters. The van der Waals surface area contributed by atoms with Crippen molar-refractivity contribution in [1.29, 1.82) is 0 Å². The van der Waals surface area contributed by atoms with Crippen molar-refractivity contribution in [2.24, 2.45) is 0 Å². The maximum Gasteiger partial charge on any atom is 0.430 e. The molecule has 0 bridgehead atoms. The number of ether oxygens (including phenoxy) is 1. The van der Waals surface area contributed by atoms with Gasteiger partial charge in [0.1, 0.15) is 5.82 Å². The molecular weight excluding hydrogens is 325 g/mol. The molecule has 1 aromatic carbocycles. The van der Waals surface area contributed by atoms with Gasteiger partial charge < -0.3 is 9.84 Å². The normalized spacial score (nSPS) is 13.1. The Balaban J connectivity index is 3.53. The second-order valence-electron chi connectivity index (χ2n) is 4.12. The number of carbonyl (C=O) groups is 1. The van der Waals surface area contributed by atoms with Crippen molar-refractivity contribution in [3.05, 3.63) is 35.1 Å². The molecule has 0 aliphatic heterocycles. The number of rotatable bonds is 3. The van der Waals surface area contributed by atoms with Gasteiger partial charge in [0.15, 0.2) is 0 Å². The molecule has 0 saturated heterocycles. The Kier molecular flexibility index (Phi) is 4.76. The molecule has 0 aliphatic rings. The summed E-state index contributed by atoms with van der Waals surface area (Å²) in [5.74, 6) is -2.83. The molecular formula is C12H9F7O3. The zero-order valence-corrected chi connectivity index (χ0v) is 10.8. The molecule has 1 N–H and O–H groups in total. The summed E-state index contributed by atoms with van der Waals surface area (Å²) in [7, 11) is 0. The van der Waals surface area contributed by atoms with Crippen LogP contribution in [0.4, 0.5) is 30.7 Å². The van der Waals surface area contributed by atoms with Crippen LogP contribution in [0.15, 0.2) is 18.2 Å². The first-order valence-electron chi connectivity index (χ1n) is 5.69. The van der Waals surface area contributed by atoms with Gasteiger partial charge in [0.05, 0.1) is 12.2 Å². The number of alkyl halides is 6. The molecule has 0 aliphatic carbocycles. The smallest absolute Gasteiger partial charge is 0.430 e. The van der Waals surface area contributed by atoms with Crippen molar-refractivity contribution in [2.75, 3.05) is 6.61 Å². The Bertz CT molecular complexity index is 549. The van der Waals surface area contributed by atoms with E-state index in [4.69, 9.17) is 5.11 Å². The van der Waals surface area contributed by atoms with Crippen LogP contribution >= 0.6 is 0 Å². The van der Waals surface area contributed by atoms with E-state index in [2.05, 4.69) is 4.74 Å². The van der Waals surface area contributed by atoms with Gasteiger partial charge in [0.2, 0.25) is 0 Å². The molecule has 10 heteroatoms. The summed E-state index contributed by atoms with van der Waals surface area (Å²) in [6, 6.07) is 0.275. The molecule has 0 saturated carbocycles. The second kappa shape index (κ2) is 5.75. The van der Waals surface area contributed by atoms with Gasteiger partial charge in [-0.1, -0.05) is 6.07 Å². The van der Waals surface area contributed by atoms with Crippen LogP contribution in [-0.2, 0) is 10.3 Å². The summed E-state index contributed by atoms with van der Waals surface area (Å²) in [5, 5.41) is 9.16. The van der Waals surface area contributed by atoms with E-state index < -0.39 is 40.9 Å². The summed E-state index contributed by atoms with van der Waals surface area (Å²) < 4.78 is 93.8. The van der Waals surface area contributed by atoms with Crippen LogP contribution < -0.4 is 0 Å². The van der Waals surface area contributed by atoms with Gasteiger partial charge in [0.25, 0.3) is 5.60 Å². The minimum atomic E-state index is -6.13. The summed E-state index contributed by atoms with van der Waals surface area (Å²) in [6.45, 7) is 1.03. The Labute approximate surface area is 119 Å². The van der Waals surface area contributed by atoms with Crippen LogP contribution in [-0.4, -0.2) is 30.0 Å². The number of aliphatic hydroxyl groups is 1. The topological polar surface area (TPSA) is 46.5 Å². The molecule has 0 atom stereocenters. The van der Waals surface area contributed by atoms with Crippen molar-refractivity contribution in [3.8, 4) is 0 Å². The average molecular weight is 334 g/mol. The third kappa shape index (κ3) is 3.01. The van der Waals surface area contributed by atoms with E-state index in [1.807, 2.05) is 0 Å². The van der Waals surface area contributed by atoms with Crippen LogP contribution in [0.25, 0.3) is 0 Å². The maximum absolute atomic E-state index is 13.4. The minimum Gasteiger partial charge on any atom is -0.462 e. The first kappa shape index (κ1) is 18.2. The van der Waals surface area contributed by atoms with Crippen LogP contribution in [0.3, 0.4) is 0 Å². The predicted octanol–water partition coefficient (Wildman–Crippen LogP) is 3.31. The Morgan fingerprint density at radius 3 is 2.05 bits per heavy atom. The molecule has 0 radical (unpaired) electrons. The second-order valence-corrected chi connectivity index (χ2v) is 4.12. The van der Waals surface area contributed by atoms with Gasteiger partial charge >= 0.3 is 18.3 Å². The first-order chi connectivity index (χ1) is 9.86. The fourth-order valence-corrected chi connectivity index (χ4v) is 1.60. The van der Waals surface area contributed by atoms with Crippen LogP contribution in [0.5, 0.6) is 0 Å². The summed E-state index contributed by atoms with van der Waals surface area (Å²) in [4.78, 5) is 11.3. The largest absolute Gasteiger partial charge is 0.462 e. The highest BCUT2D eigenvalue weighted by Gasteiger charge is 2.71. The average Bonchev–Trinajstić information content (AvgIpc) is 2.35. The summed E-state index contributed by atoms with van der Waals surface area (Å²) in [5.41, 5.74) is -8.13. The van der Waals surface area contributed by atoms with Gasteiger partial charge in [-0.05, 0) is 19.1 Å². The molecule has 3 nitrogen and oxygen atoms in total. The lowest BCUT2D eigenvalue weighted by atomic mass is 9.91. The highest BCUT2D eigenvalue weighted by atomic mass is 19.4. The third-order valence-corrected chi connectivity index (χ3v) is 2.70. The molecule has 0 heterocycles. The number of carbonyl (C=O) groups excluding carboxylic acids is 1. The molecule has 0 spiro atoms. The molecule has 0 fully saturated rings. The Morgan fingerprint density at radius 2 is 1.64 bits per heavy atom. The molecule has 22 heavy (non-hydrogen) atoms. The number of esters is 1. The van der Waals surface area contributed by atoms with Gasteiger partial charge in [-0.25, -0.2) is 9.18 Å². The zero-order valence-electron chi connectivity index (χ0n) is 10.8. The zero-order chi connectivity index (χ0) is 17.3. The fraction of sp³-hybridized carbons (Fsp3) is 0.417. The number of hydrogen-bond acceptors (Lipinski definition) is 3. The molecule has 0 aromatic heterocycles. The van der Waals surface area contributed by atoms with Crippen molar-refractivity contribution >= 4 is 5.97 Å². The Hall–Kier alpha value is -1.84. The van der Waals surface area contributed by atoms with Crippen molar-refractivity contribution in [3.63, 3.8) is 0 Å². The first-order valence-corrected chi connectivity index (χ1v) is 5.69. The maximum atomic E-state index is 13.4. The van der Waals surface area contributed by atoms with E-state index >= 15 is 0 Å². The number of hydrogen-bond donors (Lipinski definition) is 1. The number of halogens is 7. The third-order valence-electron chi connectivity index (χ3n) is 2.70.